The van der Waals surface area contributed by atoms with E-state index >= 15 is 0 Å². The molecule has 1 aromatic carbocycles. The predicted octanol–water partition coefficient (Wildman–Crippen LogP) is 3.31. The highest BCUT2D eigenvalue weighted by atomic mass is 35.5. The Morgan fingerprint density at radius 1 is 1.15 bits per heavy atom. The molecule has 1 aromatic rings. The van der Waals surface area contributed by atoms with Gasteiger partial charge in [-0.1, -0.05) is 35.3 Å². The van der Waals surface area contributed by atoms with Gasteiger partial charge in [0.25, 0.3) is 0 Å². The van der Waals surface area contributed by atoms with Gasteiger partial charge in [0.2, 0.25) is 0 Å². The number of unbranched alkanes of at least 4 members (excludes halogenated alkanes) is 1. The average molecular weight is 219 g/mol. The van der Waals surface area contributed by atoms with Crippen molar-refractivity contribution < 1.29 is 5.11 Å². The van der Waals surface area contributed by atoms with E-state index in [9.17, 15) is 0 Å². The van der Waals surface area contributed by atoms with Crippen molar-refractivity contribution in [2.45, 2.75) is 19.3 Å². The summed E-state index contributed by atoms with van der Waals surface area (Å²) in [7, 11) is 0. The normalized spacial score (nSPS) is 10.4. The number of aliphatic hydroxyl groups is 1. The van der Waals surface area contributed by atoms with E-state index in [2.05, 4.69) is 0 Å². The standard InChI is InChI=1S/C10H12Cl2O/c11-9-6-3-5-8(10(9)12)4-1-2-7-13/h3,5-6,13H,1-2,4,7H2. The molecule has 0 aromatic heterocycles. The summed E-state index contributed by atoms with van der Waals surface area (Å²) in [5.41, 5.74) is 1.06. The molecule has 3 heteroatoms. The Bertz CT molecular complexity index is 274. The first-order valence-electron chi connectivity index (χ1n) is 4.29. The Morgan fingerprint density at radius 2 is 1.92 bits per heavy atom. The summed E-state index contributed by atoms with van der Waals surface area (Å²) in [6.45, 7) is 0.234. The third kappa shape index (κ3) is 3.18. The van der Waals surface area contributed by atoms with Gasteiger partial charge in [-0.25, -0.2) is 0 Å². The van der Waals surface area contributed by atoms with Crippen LogP contribution in [-0.4, -0.2) is 11.7 Å². The Hall–Kier alpha value is -0.240. The van der Waals surface area contributed by atoms with Gasteiger partial charge in [0.05, 0.1) is 10.0 Å². The molecule has 0 unspecified atom stereocenters. The van der Waals surface area contributed by atoms with Crippen molar-refractivity contribution in [3.05, 3.63) is 33.8 Å². The molecule has 0 radical (unpaired) electrons. The summed E-state index contributed by atoms with van der Waals surface area (Å²) >= 11 is 11.8. The van der Waals surface area contributed by atoms with E-state index in [0.717, 1.165) is 24.8 Å². The molecule has 0 amide bonds. The van der Waals surface area contributed by atoms with Crippen molar-refractivity contribution in [1.29, 1.82) is 0 Å². The number of aryl methyl sites for hydroxylation is 1. The summed E-state index contributed by atoms with van der Waals surface area (Å²) in [5.74, 6) is 0. The second-order valence-corrected chi connectivity index (χ2v) is 3.68. The van der Waals surface area contributed by atoms with Gasteiger partial charge in [0.1, 0.15) is 0 Å². The van der Waals surface area contributed by atoms with Crippen molar-refractivity contribution in [3.63, 3.8) is 0 Å². The first kappa shape index (κ1) is 10.8. The topological polar surface area (TPSA) is 20.2 Å². The van der Waals surface area contributed by atoms with E-state index in [1.165, 1.54) is 0 Å². The van der Waals surface area contributed by atoms with Gasteiger partial charge >= 0.3 is 0 Å². The molecule has 1 rings (SSSR count). The van der Waals surface area contributed by atoms with Crippen LogP contribution in [-0.2, 0) is 6.42 Å². The monoisotopic (exact) mass is 218 g/mol. The fraction of sp³-hybridized carbons (Fsp3) is 0.400. The van der Waals surface area contributed by atoms with Gasteiger partial charge < -0.3 is 5.11 Å². The zero-order valence-corrected chi connectivity index (χ0v) is 8.78. The van der Waals surface area contributed by atoms with Crippen molar-refractivity contribution in [3.8, 4) is 0 Å². The summed E-state index contributed by atoms with van der Waals surface area (Å²) < 4.78 is 0. The number of hydrogen-bond acceptors (Lipinski definition) is 1. The fourth-order valence-electron chi connectivity index (χ4n) is 1.17. The minimum absolute atomic E-state index is 0.234. The summed E-state index contributed by atoms with van der Waals surface area (Å²) in [6.07, 6.45) is 2.62. The summed E-state index contributed by atoms with van der Waals surface area (Å²) in [4.78, 5) is 0. The average Bonchev–Trinajstić information content (AvgIpc) is 2.13. The molecule has 0 fully saturated rings. The third-order valence-electron chi connectivity index (χ3n) is 1.89. The van der Waals surface area contributed by atoms with Gasteiger partial charge in [-0.3, -0.25) is 0 Å². The molecule has 13 heavy (non-hydrogen) atoms. The zero-order chi connectivity index (χ0) is 9.68. The number of halogens is 2. The van der Waals surface area contributed by atoms with Gasteiger partial charge in [0, 0.05) is 6.61 Å². The maximum absolute atomic E-state index is 8.61. The highest BCUT2D eigenvalue weighted by molar-refractivity contribution is 6.42. The quantitative estimate of drug-likeness (QED) is 0.770. The molecule has 1 N–H and O–H groups in total. The Morgan fingerprint density at radius 3 is 2.62 bits per heavy atom. The molecule has 0 saturated heterocycles. The van der Waals surface area contributed by atoms with Crippen LogP contribution in [0.3, 0.4) is 0 Å². The minimum atomic E-state index is 0.234. The molecule has 72 valence electrons. The van der Waals surface area contributed by atoms with Crippen LogP contribution < -0.4 is 0 Å². The van der Waals surface area contributed by atoms with E-state index in [-0.39, 0.29) is 6.61 Å². The van der Waals surface area contributed by atoms with Crippen LogP contribution in [0.1, 0.15) is 18.4 Å². The first-order chi connectivity index (χ1) is 6.25. The molecule has 0 atom stereocenters. The number of benzene rings is 1. The minimum Gasteiger partial charge on any atom is -0.396 e. The second kappa shape index (κ2) is 5.48. The molecule has 0 bridgehead atoms. The van der Waals surface area contributed by atoms with Crippen LogP contribution >= 0.6 is 23.2 Å². The van der Waals surface area contributed by atoms with Crippen molar-refractivity contribution in [2.24, 2.45) is 0 Å². The molecule has 1 nitrogen and oxygen atoms in total. The number of aliphatic hydroxyl groups excluding tert-OH is 1. The lowest BCUT2D eigenvalue weighted by molar-refractivity contribution is 0.284. The Kier molecular flexibility index (Phi) is 4.57. The maximum Gasteiger partial charge on any atom is 0.0624 e. The van der Waals surface area contributed by atoms with E-state index in [1.807, 2.05) is 12.1 Å². The number of hydrogen-bond donors (Lipinski definition) is 1. The second-order valence-electron chi connectivity index (χ2n) is 2.89. The molecule has 0 spiro atoms. The van der Waals surface area contributed by atoms with Gasteiger partial charge in [-0.05, 0) is 30.9 Å². The van der Waals surface area contributed by atoms with E-state index in [0.29, 0.717) is 10.0 Å². The smallest absolute Gasteiger partial charge is 0.0624 e. The van der Waals surface area contributed by atoms with E-state index in [4.69, 9.17) is 28.3 Å². The number of rotatable bonds is 4. The van der Waals surface area contributed by atoms with Crippen LogP contribution in [0.2, 0.25) is 10.0 Å². The summed E-state index contributed by atoms with van der Waals surface area (Å²) in [5, 5.41) is 9.85. The van der Waals surface area contributed by atoms with E-state index in [1.54, 1.807) is 6.07 Å². The van der Waals surface area contributed by atoms with Crippen LogP contribution in [0.4, 0.5) is 0 Å². The molecule has 0 heterocycles. The fourth-order valence-corrected chi connectivity index (χ4v) is 1.58. The summed E-state index contributed by atoms with van der Waals surface area (Å²) in [6, 6.07) is 5.63. The molecular formula is C10H12Cl2O. The lowest BCUT2D eigenvalue weighted by atomic mass is 10.1. The van der Waals surface area contributed by atoms with E-state index < -0.39 is 0 Å². The van der Waals surface area contributed by atoms with Crippen LogP contribution in [0.15, 0.2) is 18.2 Å². The predicted molar refractivity (Wildman–Crippen MR) is 56.5 cm³/mol. The lowest BCUT2D eigenvalue weighted by Crippen LogP contribution is -1.89. The molecule has 0 aliphatic heterocycles. The SMILES string of the molecule is OCCCCc1cccc(Cl)c1Cl. The van der Waals surface area contributed by atoms with Crippen molar-refractivity contribution >= 4 is 23.2 Å². The van der Waals surface area contributed by atoms with Crippen LogP contribution in [0.5, 0.6) is 0 Å². The maximum atomic E-state index is 8.61. The Labute approximate surface area is 88.3 Å². The molecule has 0 saturated carbocycles. The molecular weight excluding hydrogens is 207 g/mol. The third-order valence-corrected chi connectivity index (χ3v) is 2.74. The molecule has 0 aliphatic rings. The largest absolute Gasteiger partial charge is 0.396 e. The van der Waals surface area contributed by atoms with Gasteiger partial charge in [-0.2, -0.15) is 0 Å². The zero-order valence-electron chi connectivity index (χ0n) is 7.26. The molecule has 0 aliphatic carbocycles. The van der Waals surface area contributed by atoms with Crippen LogP contribution in [0, 0.1) is 0 Å². The lowest BCUT2D eigenvalue weighted by Gasteiger charge is -2.04. The first-order valence-corrected chi connectivity index (χ1v) is 5.05. The van der Waals surface area contributed by atoms with Gasteiger partial charge in [0.15, 0.2) is 0 Å². The van der Waals surface area contributed by atoms with Crippen LogP contribution in [0.25, 0.3) is 0 Å². The van der Waals surface area contributed by atoms with Gasteiger partial charge in [-0.15, -0.1) is 0 Å². The van der Waals surface area contributed by atoms with Crippen molar-refractivity contribution in [2.75, 3.05) is 6.61 Å². The highest BCUT2D eigenvalue weighted by Crippen LogP contribution is 2.26. The Balaban J connectivity index is 2.61. The highest BCUT2D eigenvalue weighted by Gasteiger charge is 2.02. The van der Waals surface area contributed by atoms with Crippen molar-refractivity contribution in [1.82, 2.24) is 0 Å².